The predicted molar refractivity (Wildman–Crippen MR) is 95.0 cm³/mol. The minimum atomic E-state index is -0.154. The number of hydrogen-bond donors (Lipinski definition) is 0. The van der Waals surface area contributed by atoms with Crippen LogP contribution in [0, 0.1) is 0 Å². The molecular weight excluding hydrogens is 342 g/mol. The summed E-state index contributed by atoms with van der Waals surface area (Å²) in [7, 11) is 1.65. The number of methoxy groups -OCH3 is 1. The molecule has 0 aliphatic carbocycles. The lowest BCUT2D eigenvalue weighted by Crippen LogP contribution is -2.22. The molecular formula is C19H22ClNO4. The Morgan fingerprint density at radius 3 is 2.68 bits per heavy atom. The fourth-order valence-electron chi connectivity index (χ4n) is 2.59. The lowest BCUT2D eigenvalue weighted by atomic mass is 10.2. The molecule has 0 N–H and O–H groups in total. The molecule has 1 fully saturated rings. The maximum absolute atomic E-state index is 6.10. The van der Waals surface area contributed by atoms with E-state index in [9.17, 15) is 0 Å². The van der Waals surface area contributed by atoms with Crippen molar-refractivity contribution in [1.82, 2.24) is 4.98 Å². The molecule has 0 bridgehead atoms. The van der Waals surface area contributed by atoms with Gasteiger partial charge in [0, 0.05) is 18.7 Å². The fraction of sp³-hybridized carbons (Fsp3) is 0.421. The summed E-state index contributed by atoms with van der Waals surface area (Å²) < 4.78 is 22.3. The molecule has 0 amide bonds. The van der Waals surface area contributed by atoms with Gasteiger partial charge < -0.3 is 18.9 Å². The van der Waals surface area contributed by atoms with Gasteiger partial charge in [-0.2, -0.15) is 0 Å². The first-order valence-electron chi connectivity index (χ1n) is 8.38. The molecule has 0 saturated carbocycles. The third-order valence-electron chi connectivity index (χ3n) is 3.94. The van der Waals surface area contributed by atoms with Crippen LogP contribution in [0.4, 0.5) is 0 Å². The molecule has 0 radical (unpaired) electrons. The average Bonchev–Trinajstić information content (AvgIpc) is 2.66. The van der Waals surface area contributed by atoms with Gasteiger partial charge >= 0.3 is 0 Å². The molecule has 134 valence electrons. The molecule has 1 aliphatic rings. The van der Waals surface area contributed by atoms with Gasteiger partial charge in [0.05, 0.1) is 19.4 Å². The van der Waals surface area contributed by atoms with Gasteiger partial charge in [-0.3, -0.25) is 0 Å². The van der Waals surface area contributed by atoms with E-state index >= 15 is 0 Å². The first-order valence-corrected chi connectivity index (χ1v) is 8.76. The highest BCUT2D eigenvalue weighted by Gasteiger charge is 2.14. The van der Waals surface area contributed by atoms with E-state index in [0.717, 1.165) is 42.9 Å². The van der Waals surface area contributed by atoms with Gasteiger partial charge in [0.25, 0.3) is 0 Å². The summed E-state index contributed by atoms with van der Waals surface area (Å²) in [5, 5.41) is 0.385. The van der Waals surface area contributed by atoms with Crippen molar-refractivity contribution >= 4 is 11.6 Å². The van der Waals surface area contributed by atoms with Crippen molar-refractivity contribution in [2.24, 2.45) is 0 Å². The van der Waals surface area contributed by atoms with Crippen LogP contribution in [0.1, 0.15) is 30.5 Å². The third-order valence-corrected chi connectivity index (χ3v) is 4.13. The maximum atomic E-state index is 6.10. The quantitative estimate of drug-likeness (QED) is 0.684. The predicted octanol–water partition coefficient (Wildman–Crippen LogP) is 4.37. The Balaban J connectivity index is 1.56. The highest BCUT2D eigenvalue weighted by Crippen LogP contribution is 2.22. The summed E-state index contributed by atoms with van der Waals surface area (Å²) in [6.07, 6.45) is 2.99. The third kappa shape index (κ3) is 5.59. The number of aromatic nitrogens is 1. The van der Waals surface area contributed by atoms with Gasteiger partial charge in [0.15, 0.2) is 6.29 Å². The molecule has 5 nitrogen and oxygen atoms in total. The zero-order chi connectivity index (χ0) is 17.5. The monoisotopic (exact) mass is 363 g/mol. The molecule has 1 unspecified atom stereocenters. The van der Waals surface area contributed by atoms with Crippen molar-refractivity contribution in [2.45, 2.75) is 38.8 Å². The van der Waals surface area contributed by atoms with Crippen LogP contribution < -0.4 is 9.47 Å². The maximum Gasteiger partial charge on any atom is 0.158 e. The van der Waals surface area contributed by atoms with Crippen LogP contribution in [0.5, 0.6) is 11.5 Å². The van der Waals surface area contributed by atoms with Crippen LogP contribution in [-0.4, -0.2) is 25.0 Å². The number of benzene rings is 1. The van der Waals surface area contributed by atoms with Crippen molar-refractivity contribution in [1.29, 1.82) is 0 Å². The Bertz CT molecular complexity index is 672. The topological polar surface area (TPSA) is 49.8 Å². The van der Waals surface area contributed by atoms with Crippen molar-refractivity contribution in [3.63, 3.8) is 0 Å². The average molecular weight is 364 g/mol. The summed E-state index contributed by atoms with van der Waals surface area (Å²) in [4.78, 5) is 4.28. The second kappa shape index (κ2) is 9.04. The molecule has 1 aromatic heterocycles. The number of rotatable bonds is 7. The second-order valence-corrected chi connectivity index (χ2v) is 6.25. The standard InChI is InChI=1S/C19H22ClNO4/c1-22-16-7-5-14(6-8-16)12-24-17-10-15(21-18(20)11-17)13-25-19-4-2-3-9-23-19/h5-8,10-11,19H,2-4,9,12-13H2,1H3. The van der Waals surface area contributed by atoms with E-state index < -0.39 is 0 Å². The number of pyridine rings is 1. The summed E-state index contributed by atoms with van der Waals surface area (Å²) in [5.41, 5.74) is 1.77. The van der Waals surface area contributed by atoms with Crippen molar-refractivity contribution in [2.75, 3.05) is 13.7 Å². The van der Waals surface area contributed by atoms with Crippen molar-refractivity contribution < 1.29 is 18.9 Å². The normalized spacial score (nSPS) is 17.3. The van der Waals surface area contributed by atoms with E-state index in [1.54, 1.807) is 13.2 Å². The van der Waals surface area contributed by atoms with E-state index in [2.05, 4.69) is 4.98 Å². The van der Waals surface area contributed by atoms with Gasteiger partial charge in [-0.25, -0.2) is 4.98 Å². The summed E-state index contributed by atoms with van der Waals surface area (Å²) in [5.74, 6) is 1.49. The van der Waals surface area contributed by atoms with E-state index in [-0.39, 0.29) is 6.29 Å². The Morgan fingerprint density at radius 2 is 1.96 bits per heavy atom. The van der Waals surface area contributed by atoms with E-state index in [0.29, 0.717) is 24.1 Å². The first-order chi connectivity index (χ1) is 12.2. The van der Waals surface area contributed by atoms with Crippen LogP contribution >= 0.6 is 11.6 Å². The van der Waals surface area contributed by atoms with Crippen molar-refractivity contribution in [3.05, 3.63) is 52.8 Å². The van der Waals surface area contributed by atoms with Gasteiger partial charge in [-0.1, -0.05) is 23.7 Å². The zero-order valence-electron chi connectivity index (χ0n) is 14.2. The number of hydrogen-bond acceptors (Lipinski definition) is 5. The zero-order valence-corrected chi connectivity index (χ0v) is 15.0. The Hall–Kier alpha value is -1.82. The Labute approximate surface area is 152 Å². The molecule has 1 aromatic carbocycles. The number of halogens is 1. The lowest BCUT2D eigenvalue weighted by molar-refractivity contribution is -0.169. The van der Waals surface area contributed by atoms with Gasteiger partial charge in [0.2, 0.25) is 0 Å². The van der Waals surface area contributed by atoms with Gasteiger partial charge in [0.1, 0.15) is 23.3 Å². The smallest absolute Gasteiger partial charge is 0.158 e. The molecule has 2 heterocycles. The molecule has 1 aliphatic heterocycles. The molecule has 25 heavy (non-hydrogen) atoms. The highest BCUT2D eigenvalue weighted by molar-refractivity contribution is 6.29. The summed E-state index contributed by atoms with van der Waals surface area (Å²) in [6, 6.07) is 11.3. The molecule has 1 saturated heterocycles. The van der Waals surface area contributed by atoms with E-state index in [4.69, 9.17) is 30.5 Å². The minimum Gasteiger partial charge on any atom is -0.497 e. The van der Waals surface area contributed by atoms with Crippen LogP contribution in [0.15, 0.2) is 36.4 Å². The van der Waals surface area contributed by atoms with Crippen LogP contribution in [0.25, 0.3) is 0 Å². The van der Waals surface area contributed by atoms with Crippen LogP contribution in [0.3, 0.4) is 0 Å². The highest BCUT2D eigenvalue weighted by atomic mass is 35.5. The van der Waals surface area contributed by atoms with Crippen LogP contribution in [-0.2, 0) is 22.7 Å². The first kappa shape index (κ1) is 18.0. The molecule has 0 spiro atoms. The SMILES string of the molecule is COc1ccc(COc2cc(Cl)nc(COC3CCCCO3)c2)cc1. The van der Waals surface area contributed by atoms with Crippen LogP contribution in [0.2, 0.25) is 5.15 Å². The molecule has 1 atom stereocenters. The number of nitrogens with zero attached hydrogens (tertiary/aromatic N) is 1. The Morgan fingerprint density at radius 1 is 1.12 bits per heavy atom. The summed E-state index contributed by atoms with van der Waals surface area (Å²) in [6.45, 7) is 1.55. The summed E-state index contributed by atoms with van der Waals surface area (Å²) >= 11 is 6.10. The fourth-order valence-corrected chi connectivity index (χ4v) is 2.81. The number of ether oxygens (including phenoxy) is 4. The van der Waals surface area contributed by atoms with Gasteiger partial charge in [-0.05, 0) is 37.0 Å². The minimum absolute atomic E-state index is 0.154. The van der Waals surface area contributed by atoms with Gasteiger partial charge in [-0.15, -0.1) is 0 Å². The van der Waals surface area contributed by atoms with Crippen molar-refractivity contribution in [3.8, 4) is 11.5 Å². The Kier molecular flexibility index (Phi) is 6.50. The molecule has 3 rings (SSSR count). The lowest BCUT2D eigenvalue weighted by Gasteiger charge is -2.22. The second-order valence-electron chi connectivity index (χ2n) is 5.86. The van der Waals surface area contributed by atoms with E-state index in [1.165, 1.54) is 0 Å². The largest absolute Gasteiger partial charge is 0.497 e. The van der Waals surface area contributed by atoms with E-state index in [1.807, 2.05) is 30.3 Å². The molecule has 6 heteroatoms. The molecule has 2 aromatic rings.